The monoisotopic (exact) mass is 494 g/mol. The molecule has 7 heteroatoms. The largest absolute Gasteiger partial charge is 0.496 e. The molecule has 2 saturated heterocycles. The lowest BCUT2D eigenvalue weighted by atomic mass is 9.48. The highest BCUT2D eigenvalue weighted by atomic mass is 32.2. The summed E-state index contributed by atoms with van der Waals surface area (Å²) < 4.78 is 5.64. The molecule has 2 heterocycles. The molecule has 1 aromatic rings. The van der Waals surface area contributed by atoms with Crippen molar-refractivity contribution in [1.82, 2.24) is 9.80 Å². The molecule has 0 radical (unpaired) electrons. The van der Waals surface area contributed by atoms with Gasteiger partial charge in [-0.3, -0.25) is 19.3 Å². The first-order valence-corrected chi connectivity index (χ1v) is 14.0. The molecular formula is C28H34N2O4S. The van der Waals surface area contributed by atoms with E-state index in [4.69, 9.17) is 4.74 Å². The standard InChI is InChI=1S/C28H34N2O4S/c1-34-23-6-5-22(28-14-18-9-19(15-28)11-20(10-18)16-28)12-21(23)13-24-26(32)30(27(33)35-24)17-25(31)29-7-3-2-4-8-29/h5-6,12-13,18-20H,2-4,7-11,14-17H2,1H3/b24-13-. The van der Waals surface area contributed by atoms with Crippen LogP contribution in [-0.4, -0.2) is 53.6 Å². The highest BCUT2D eigenvalue weighted by Crippen LogP contribution is 2.61. The summed E-state index contributed by atoms with van der Waals surface area (Å²) in [5, 5.41) is -0.372. The van der Waals surface area contributed by atoms with Crippen LogP contribution in [0.3, 0.4) is 0 Å². The SMILES string of the molecule is COc1ccc(C23CC4CC(CC(C4)C2)C3)cc1/C=C1\SC(=O)N(CC(=O)N2CCCCC2)C1=O. The summed E-state index contributed by atoms with van der Waals surface area (Å²) in [5.41, 5.74) is 2.43. The van der Waals surface area contributed by atoms with Gasteiger partial charge in [0.25, 0.3) is 11.1 Å². The maximum Gasteiger partial charge on any atom is 0.294 e. The van der Waals surface area contributed by atoms with E-state index in [0.29, 0.717) is 23.7 Å². The zero-order valence-corrected chi connectivity index (χ0v) is 21.3. The molecule has 4 bridgehead atoms. The van der Waals surface area contributed by atoms with Gasteiger partial charge in [-0.25, -0.2) is 0 Å². The van der Waals surface area contributed by atoms with E-state index < -0.39 is 0 Å². The molecule has 0 N–H and O–H groups in total. The Kier molecular flexibility index (Phi) is 5.94. The van der Waals surface area contributed by atoms with E-state index in [1.807, 2.05) is 6.07 Å². The van der Waals surface area contributed by atoms with E-state index in [-0.39, 0.29) is 29.0 Å². The van der Waals surface area contributed by atoms with Crippen LogP contribution in [-0.2, 0) is 15.0 Å². The highest BCUT2D eigenvalue weighted by molar-refractivity contribution is 8.18. The predicted octanol–water partition coefficient (Wildman–Crippen LogP) is 5.21. The summed E-state index contributed by atoms with van der Waals surface area (Å²) in [7, 11) is 1.64. The molecule has 0 spiro atoms. The Balaban J connectivity index is 1.25. The number of carbonyl (C=O) groups excluding carboxylic acids is 3. The lowest BCUT2D eigenvalue weighted by Crippen LogP contribution is -2.48. The minimum Gasteiger partial charge on any atom is -0.496 e. The van der Waals surface area contributed by atoms with Gasteiger partial charge in [0.1, 0.15) is 12.3 Å². The van der Waals surface area contributed by atoms with Gasteiger partial charge in [-0.05, 0) is 116 Å². The molecule has 4 saturated carbocycles. The number of likely N-dealkylation sites (tertiary alicyclic amines) is 1. The van der Waals surface area contributed by atoms with E-state index in [0.717, 1.165) is 59.2 Å². The Bertz CT molecular complexity index is 1060. The fourth-order valence-corrected chi connectivity index (χ4v) is 8.63. The third-order valence-electron chi connectivity index (χ3n) is 9.04. The average Bonchev–Trinajstić information content (AvgIpc) is 3.11. The maximum atomic E-state index is 13.1. The van der Waals surface area contributed by atoms with Crippen molar-refractivity contribution in [2.45, 2.75) is 63.2 Å². The van der Waals surface area contributed by atoms with E-state index in [1.54, 1.807) is 18.1 Å². The summed E-state index contributed by atoms with van der Waals surface area (Å²) >= 11 is 0.922. The number of nitrogens with zero attached hydrogens (tertiary/aromatic N) is 2. The van der Waals surface area contributed by atoms with Crippen molar-refractivity contribution in [3.63, 3.8) is 0 Å². The van der Waals surface area contributed by atoms with Crippen LogP contribution >= 0.6 is 11.8 Å². The van der Waals surface area contributed by atoms with Crippen LogP contribution in [0.2, 0.25) is 0 Å². The van der Waals surface area contributed by atoms with Crippen molar-refractivity contribution in [3.8, 4) is 5.75 Å². The molecule has 6 aliphatic rings. The molecule has 0 aromatic heterocycles. The van der Waals surface area contributed by atoms with Gasteiger partial charge in [-0.2, -0.15) is 0 Å². The van der Waals surface area contributed by atoms with Gasteiger partial charge < -0.3 is 9.64 Å². The minimum absolute atomic E-state index is 0.144. The number of benzene rings is 1. The third kappa shape index (κ3) is 4.20. The Morgan fingerprint density at radius 1 is 1.06 bits per heavy atom. The topological polar surface area (TPSA) is 66.9 Å². The summed E-state index contributed by atoms with van der Waals surface area (Å²) in [6, 6.07) is 6.43. The number of imide groups is 1. The van der Waals surface area contributed by atoms with Gasteiger partial charge in [0.05, 0.1) is 12.0 Å². The molecule has 1 aromatic carbocycles. The van der Waals surface area contributed by atoms with Crippen LogP contribution < -0.4 is 4.74 Å². The molecule has 6 nitrogen and oxygen atoms in total. The molecular weight excluding hydrogens is 460 g/mol. The van der Waals surface area contributed by atoms with Crippen molar-refractivity contribution in [2.24, 2.45) is 17.8 Å². The van der Waals surface area contributed by atoms with Crippen LogP contribution in [0, 0.1) is 17.8 Å². The molecule has 0 atom stereocenters. The maximum absolute atomic E-state index is 13.1. The number of thioether (sulfide) groups is 1. The van der Waals surface area contributed by atoms with Gasteiger partial charge >= 0.3 is 0 Å². The molecule has 35 heavy (non-hydrogen) atoms. The number of amides is 3. The summed E-state index contributed by atoms with van der Waals surface area (Å²) in [4.78, 5) is 41.8. The van der Waals surface area contributed by atoms with Crippen LogP contribution in [0.5, 0.6) is 5.75 Å². The highest BCUT2D eigenvalue weighted by Gasteiger charge is 2.51. The first-order chi connectivity index (χ1) is 16.9. The van der Waals surface area contributed by atoms with Crippen molar-refractivity contribution < 1.29 is 19.1 Å². The zero-order chi connectivity index (χ0) is 24.2. The van der Waals surface area contributed by atoms with Crippen molar-refractivity contribution in [1.29, 1.82) is 0 Å². The van der Waals surface area contributed by atoms with Crippen LogP contribution in [0.25, 0.3) is 6.08 Å². The van der Waals surface area contributed by atoms with Crippen molar-refractivity contribution in [3.05, 3.63) is 34.2 Å². The Morgan fingerprint density at radius 3 is 2.34 bits per heavy atom. The molecule has 0 unspecified atom stereocenters. The normalized spacial score (nSPS) is 33.2. The van der Waals surface area contributed by atoms with Crippen LogP contribution in [0.15, 0.2) is 23.1 Å². The Hall–Kier alpha value is -2.28. The fourth-order valence-electron chi connectivity index (χ4n) is 7.80. The molecule has 2 aliphatic heterocycles. The van der Waals surface area contributed by atoms with E-state index in [9.17, 15) is 14.4 Å². The number of rotatable bonds is 5. The summed E-state index contributed by atoms with van der Waals surface area (Å²) in [5.74, 6) is 2.72. The molecule has 4 aliphatic carbocycles. The number of hydrogen-bond acceptors (Lipinski definition) is 5. The van der Waals surface area contributed by atoms with Crippen LogP contribution in [0.1, 0.15) is 68.9 Å². The van der Waals surface area contributed by atoms with Gasteiger partial charge in [-0.1, -0.05) is 6.07 Å². The Morgan fingerprint density at radius 2 is 1.71 bits per heavy atom. The zero-order valence-electron chi connectivity index (χ0n) is 20.5. The van der Waals surface area contributed by atoms with Gasteiger partial charge in [0, 0.05) is 18.7 Å². The fraction of sp³-hybridized carbons (Fsp3) is 0.607. The lowest BCUT2D eigenvalue weighted by Gasteiger charge is -2.57. The number of piperidine rings is 1. The van der Waals surface area contributed by atoms with E-state index in [1.165, 1.54) is 44.1 Å². The van der Waals surface area contributed by atoms with Gasteiger partial charge in [0.15, 0.2) is 0 Å². The van der Waals surface area contributed by atoms with Gasteiger partial charge in [-0.15, -0.1) is 0 Å². The van der Waals surface area contributed by atoms with Crippen molar-refractivity contribution >= 4 is 34.9 Å². The first-order valence-electron chi connectivity index (χ1n) is 13.2. The van der Waals surface area contributed by atoms with E-state index >= 15 is 0 Å². The molecule has 6 fully saturated rings. The predicted molar refractivity (Wildman–Crippen MR) is 136 cm³/mol. The van der Waals surface area contributed by atoms with Crippen molar-refractivity contribution in [2.75, 3.05) is 26.7 Å². The third-order valence-corrected chi connectivity index (χ3v) is 9.95. The quantitative estimate of drug-likeness (QED) is 0.526. The van der Waals surface area contributed by atoms with Gasteiger partial charge in [0.2, 0.25) is 5.91 Å². The molecule has 3 amide bonds. The number of hydrogen-bond donors (Lipinski definition) is 0. The smallest absolute Gasteiger partial charge is 0.294 e. The number of ether oxygens (including phenoxy) is 1. The second-order valence-corrected chi connectivity index (χ2v) is 12.4. The van der Waals surface area contributed by atoms with E-state index in [2.05, 4.69) is 12.1 Å². The first kappa shape index (κ1) is 23.1. The lowest BCUT2D eigenvalue weighted by molar-refractivity contribution is -0.136. The van der Waals surface area contributed by atoms with Crippen LogP contribution in [0.4, 0.5) is 4.79 Å². The summed E-state index contributed by atoms with van der Waals surface area (Å²) in [6.07, 6.45) is 12.8. The Labute approximate surface area is 211 Å². The average molecular weight is 495 g/mol. The minimum atomic E-state index is -0.382. The second-order valence-electron chi connectivity index (χ2n) is 11.4. The molecule has 7 rings (SSSR count). The number of methoxy groups -OCH3 is 1. The molecule has 186 valence electrons. The number of carbonyl (C=O) groups is 3. The summed E-state index contributed by atoms with van der Waals surface area (Å²) in [6.45, 7) is 1.24. The second kappa shape index (κ2) is 8.99.